The molecule has 0 spiro atoms. The first-order valence-corrected chi connectivity index (χ1v) is 5.10. The Balaban J connectivity index is 2.89. The summed E-state index contributed by atoms with van der Waals surface area (Å²) in [6, 6.07) is 5.31. The average molecular weight is 224 g/mol. The minimum Gasteiger partial charge on any atom is -0.481 e. The zero-order chi connectivity index (χ0) is 11.3. The first-order chi connectivity index (χ1) is 7.15. The molecule has 0 aliphatic heterocycles. The Hall–Kier alpha value is -1.17. The van der Waals surface area contributed by atoms with E-state index in [0.717, 1.165) is 11.3 Å². The predicted octanol–water partition coefficient (Wildman–Crippen LogP) is 2.76. The second-order valence-corrected chi connectivity index (χ2v) is 3.62. The van der Waals surface area contributed by atoms with Gasteiger partial charge in [-0.25, -0.2) is 0 Å². The summed E-state index contributed by atoms with van der Waals surface area (Å²) >= 11 is 5.88. The molecule has 3 heteroatoms. The van der Waals surface area contributed by atoms with Crippen LogP contribution in [0.1, 0.15) is 25.5 Å². The predicted molar refractivity (Wildman–Crippen MR) is 63.0 cm³/mol. The van der Waals surface area contributed by atoms with Gasteiger partial charge in [0.25, 0.3) is 0 Å². The molecule has 2 N–H and O–H groups in total. The summed E-state index contributed by atoms with van der Waals surface area (Å²) in [6.07, 6.45) is 0. The molecule has 0 heterocycles. The van der Waals surface area contributed by atoms with Crippen LogP contribution in [0.3, 0.4) is 0 Å². The summed E-state index contributed by atoms with van der Waals surface area (Å²) in [5.74, 6) is 6.34. The van der Waals surface area contributed by atoms with Gasteiger partial charge in [-0.2, -0.15) is 0 Å². The van der Waals surface area contributed by atoms with Gasteiger partial charge in [-0.1, -0.05) is 17.5 Å². The fraction of sp³-hybridized carbons (Fsp3) is 0.333. The first kappa shape index (κ1) is 11.9. The fourth-order valence-electron chi connectivity index (χ4n) is 1.19. The van der Waals surface area contributed by atoms with Gasteiger partial charge >= 0.3 is 0 Å². The van der Waals surface area contributed by atoms with Crippen molar-refractivity contribution in [2.75, 3.05) is 6.61 Å². The van der Waals surface area contributed by atoms with Crippen molar-refractivity contribution in [2.24, 2.45) is 5.73 Å². The summed E-state index contributed by atoms with van der Waals surface area (Å²) in [7, 11) is 0. The van der Waals surface area contributed by atoms with Crippen LogP contribution in [0.5, 0.6) is 5.75 Å². The van der Waals surface area contributed by atoms with Crippen LogP contribution in [0.25, 0.3) is 0 Å². The lowest BCUT2D eigenvalue weighted by Crippen LogP contribution is -2.08. The molecule has 0 saturated carbocycles. The van der Waals surface area contributed by atoms with E-state index in [4.69, 9.17) is 22.1 Å². The van der Waals surface area contributed by atoms with E-state index in [-0.39, 0.29) is 6.04 Å². The molecule has 0 aromatic heterocycles. The third kappa shape index (κ3) is 3.47. The van der Waals surface area contributed by atoms with Crippen molar-refractivity contribution in [3.63, 3.8) is 0 Å². The Labute approximate surface area is 95.4 Å². The second-order valence-electron chi connectivity index (χ2n) is 3.19. The van der Waals surface area contributed by atoms with Crippen molar-refractivity contribution in [1.29, 1.82) is 0 Å². The molecule has 0 saturated heterocycles. The number of hydrogen-bond acceptors (Lipinski definition) is 2. The zero-order valence-corrected chi connectivity index (χ0v) is 9.64. The molecule has 0 radical (unpaired) electrons. The van der Waals surface area contributed by atoms with E-state index >= 15 is 0 Å². The molecule has 80 valence electrons. The molecule has 0 aliphatic rings. The third-order valence-corrected chi connectivity index (χ3v) is 2.17. The highest BCUT2D eigenvalue weighted by Crippen LogP contribution is 2.26. The van der Waals surface area contributed by atoms with Crippen molar-refractivity contribution in [3.8, 4) is 17.6 Å². The maximum absolute atomic E-state index is 5.88. The van der Waals surface area contributed by atoms with E-state index in [1.165, 1.54) is 0 Å². The van der Waals surface area contributed by atoms with Crippen LogP contribution < -0.4 is 10.5 Å². The van der Waals surface area contributed by atoms with E-state index in [1.807, 2.05) is 19.1 Å². The quantitative estimate of drug-likeness (QED) is 0.800. The average Bonchev–Trinajstić information content (AvgIpc) is 2.20. The van der Waals surface area contributed by atoms with Gasteiger partial charge in [-0.05, 0) is 32.0 Å². The molecule has 0 amide bonds. The molecule has 0 bridgehead atoms. The van der Waals surface area contributed by atoms with Gasteiger partial charge in [-0.3, -0.25) is 0 Å². The molecule has 1 atom stereocenters. The second kappa shape index (κ2) is 5.65. The maximum Gasteiger partial charge on any atom is 0.149 e. The highest BCUT2D eigenvalue weighted by molar-refractivity contribution is 6.30. The van der Waals surface area contributed by atoms with E-state index in [0.29, 0.717) is 11.6 Å². The molecule has 1 aromatic carbocycles. The van der Waals surface area contributed by atoms with Gasteiger partial charge in [0.15, 0.2) is 0 Å². The fourth-order valence-corrected chi connectivity index (χ4v) is 1.37. The lowest BCUT2D eigenvalue weighted by Gasteiger charge is -2.12. The largest absolute Gasteiger partial charge is 0.481 e. The highest BCUT2D eigenvalue weighted by atomic mass is 35.5. The monoisotopic (exact) mass is 223 g/mol. The summed E-state index contributed by atoms with van der Waals surface area (Å²) in [6.45, 7) is 4.04. The Morgan fingerprint density at radius 2 is 2.27 bits per heavy atom. The number of rotatable bonds is 3. The summed E-state index contributed by atoms with van der Waals surface area (Å²) in [5.41, 5.74) is 6.72. The van der Waals surface area contributed by atoms with E-state index in [1.54, 1.807) is 13.0 Å². The van der Waals surface area contributed by atoms with Gasteiger partial charge < -0.3 is 10.5 Å². The minimum absolute atomic E-state index is 0.103. The Kier molecular flexibility index (Phi) is 4.48. The molecule has 1 aromatic rings. The number of hydrogen-bond donors (Lipinski definition) is 1. The summed E-state index contributed by atoms with van der Waals surface area (Å²) in [5, 5.41) is 0.663. The van der Waals surface area contributed by atoms with E-state index < -0.39 is 0 Å². The smallest absolute Gasteiger partial charge is 0.149 e. The standard InChI is InChI=1S/C12H14ClNO/c1-3-4-7-15-12-6-5-10(13)8-11(12)9(2)14/h5-6,8-9H,7,14H2,1-2H3/t9-/m1/s1. The lowest BCUT2D eigenvalue weighted by molar-refractivity contribution is 0.364. The summed E-state index contributed by atoms with van der Waals surface area (Å²) < 4.78 is 5.48. The molecule has 2 nitrogen and oxygen atoms in total. The molecular weight excluding hydrogens is 210 g/mol. The molecular formula is C12H14ClNO. The molecule has 0 fully saturated rings. The van der Waals surface area contributed by atoms with Gasteiger partial charge in [0, 0.05) is 16.6 Å². The zero-order valence-electron chi connectivity index (χ0n) is 8.88. The van der Waals surface area contributed by atoms with Crippen molar-refractivity contribution in [3.05, 3.63) is 28.8 Å². The van der Waals surface area contributed by atoms with E-state index in [2.05, 4.69) is 11.8 Å². The van der Waals surface area contributed by atoms with Crippen LogP contribution in [0.4, 0.5) is 0 Å². The highest BCUT2D eigenvalue weighted by Gasteiger charge is 2.08. The van der Waals surface area contributed by atoms with Gasteiger partial charge in [0.1, 0.15) is 12.4 Å². The van der Waals surface area contributed by atoms with Crippen LogP contribution >= 0.6 is 11.6 Å². The van der Waals surface area contributed by atoms with Crippen molar-refractivity contribution < 1.29 is 4.74 Å². The molecule has 15 heavy (non-hydrogen) atoms. The lowest BCUT2D eigenvalue weighted by atomic mass is 10.1. The van der Waals surface area contributed by atoms with Gasteiger partial charge in [0.2, 0.25) is 0 Å². The third-order valence-electron chi connectivity index (χ3n) is 1.94. The van der Waals surface area contributed by atoms with Crippen LogP contribution in [-0.4, -0.2) is 6.61 Å². The SMILES string of the molecule is CC#CCOc1ccc(Cl)cc1[C@@H](C)N. The number of benzene rings is 1. The Bertz CT molecular complexity index is 390. The van der Waals surface area contributed by atoms with Crippen LogP contribution in [0, 0.1) is 11.8 Å². The number of ether oxygens (including phenoxy) is 1. The Morgan fingerprint density at radius 3 is 2.87 bits per heavy atom. The van der Waals surface area contributed by atoms with Crippen molar-refractivity contribution >= 4 is 11.6 Å². The van der Waals surface area contributed by atoms with Gasteiger partial charge in [0.05, 0.1) is 0 Å². The van der Waals surface area contributed by atoms with Gasteiger partial charge in [-0.15, -0.1) is 5.92 Å². The number of halogens is 1. The van der Waals surface area contributed by atoms with E-state index in [9.17, 15) is 0 Å². The topological polar surface area (TPSA) is 35.2 Å². The molecule has 1 rings (SSSR count). The first-order valence-electron chi connectivity index (χ1n) is 4.72. The van der Waals surface area contributed by atoms with Crippen molar-refractivity contribution in [1.82, 2.24) is 0 Å². The normalized spacial score (nSPS) is 11.5. The Morgan fingerprint density at radius 1 is 1.53 bits per heavy atom. The van der Waals surface area contributed by atoms with Crippen LogP contribution in [0.15, 0.2) is 18.2 Å². The van der Waals surface area contributed by atoms with Crippen LogP contribution in [-0.2, 0) is 0 Å². The van der Waals surface area contributed by atoms with Crippen molar-refractivity contribution in [2.45, 2.75) is 19.9 Å². The number of nitrogens with two attached hydrogens (primary N) is 1. The summed E-state index contributed by atoms with van der Waals surface area (Å²) in [4.78, 5) is 0. The van der Waals surface area contributed by atoms with Crippen LogP contribution in [0.2, 0.25) is 5.02 Å². The minimum atomic E-state index is -0.103. The molecule has 0 aliphatic carbocycles. The maximum atomic E-state index is 5.88. The molecule has 0 unspecified atom stereocenters.